The van der Waals surface area contributed by atoms with Crippen LogP contribution in [0.2, 0.25) is 5.02 Å². The van der Waals surface area contributed by atoms with Crippen LogP contribution in [0.1, 0.15) is 5.56 Å². The average Bonchev–Trinajstić information content (AvgIpc) is 3.09. The third-order valence-corrected chi connectivity index (χ3v) is 5.50. The van der Waals surface area contributed by atoms with E-state index >= 15 is 0 Å². The fourth-order valence-corrected chi connectivity index (χ4v) is 3.98. The number of nitro groups is 1. The largest absolute Gasteiger partial charge is 0.320 e. The lowest BCUT2D eigenvalue weighted by molar-refractivity contribution is -0.383. The molecule has 0 fully saturated rings. The van der Waals surface area contributed by atoms with Crippen molar-refractivity contribution in [3.8, 4) is 0 Å². The van der Waals surface area contributed by atoms with Crippen molar-refractivity contribution in [3.63, 3.8) is 0 Å². The molecule has 0 atom stereocenters. The van der Waals surface area contributed by atoms with Gasteiger partial charge in [-0.1, -0.05) is 41.6 Å². The van der Waals surface area contributed by atoms with Crippen LogP contribution in [0.3, 0.4) is 0 Å². The molecule has 0 saturated carbocycles. The molecule has 2 heterocycles. The molecule has 4 aromatic rings. The van der Waals surface area contributed by atoms with Gasteiger partial charge in [0.15, 0.2) is 10.8 Å². The van der Waals surface area contributed by atoms with Gasteiger partial charge in [0.05, 0.1) is 16.2 Å². The number of fused-ring (bicyclic) bond motifs is 3. The highest BCUT2D eigenvalue weighted by molar-refractivity contribution is 7.99. The van der Waals surface area contributed by atoms with Gasteiger partial charge in [-0.15, -0.1) is 10.2 Å². The highest BCUT2D eigenvalue weighted by Gasteiger charge is 2.18. The number of rotatable bonds is 5. The van der Waals surface area contributed by atoms with Crippen LogP contribution in [-0.4, -0.2) is 31.2 Å². The summed E-state index contributed by atoms with van der Waals surface area (Å²) in [7, 11) is 0. The third-order valence-electron chi connectivity index (χ3n) is 4.34. The van der Waals surface area contributed by atoms with Gasteiger partial charge in [-0.25, -0.2) is 0 Å². The number of thioether (sulfide) groups is 1. The van der Waals surface area contributed by atoms with Gasteiger partial charge in [-0.2, -0.15) is 0 Å². The maximum absolute atomic E-state index is 12.4. The van der Waals surface area contributed by atoms with Crippen LogP contribution < -0.4 is 5.32 Å². The lowest BCUT2D eigenvalue weighted by Gasteiger charge is -2.08. The summed E-state index contributed by atoms with van der Waals surface area (Å²) in [5, 5.41) is 24.0. The van der Waals surface area contributed by atoms with Crippen LogP contribution in [-0.2, 0) is 4.79 Å². The first kappa shape index (κ1) is 19.2. The summed E-state index contributed by atoms with van der Waals surface area (Å²) in [5.41, 5.74) is 2.56. The molecule has 0 aliphatic rings. The van der Waals surface area contributed by atoms with Crippen molar-refractivity contribution in [1.82, 2.24) is 14.6 Å². The van der Waals surface area contributed by atoms with E-state index < -0.39 is 10.8 Å². The van der Waals surface area contributed by atoms with Crippen LogP contribution in [0.4, 0.5) is 11.4 Å². The number of nitrogens with zero attached hydrogens (tertiary/aromatic N) is 4. The van der Waals surface area contributed by atoms with Crippen LogP contribution in [0.15, 0.2) is 53.7 Å². The Balaban J connectivity index is 1.58. The third kappa shape index (κ3) is 3.74. The van der Waals surface area contributed by atoms with Gasteiger partial charge < -0.3 is 5.32 Å². The second-order valence-corrected chi connectivity index (χ2v) is 7.66. The number of nitrogens with one attached hydrogen (secondary N) is 1. The Morgan fingerprint density at radius 2 is 2.03 bits per heavy atom. The van der Waals surface area contributed by atoms with Crippen molar-refractivity contribution in [3.05, 3.63) is 69.2 Å². The second kappa shape index (κ2) is 7.69. The highest BCUT2D eigenvalue weighted by atomic mass is 35.5. The van der Waals surface area contributed by atoms with E-state index in [9.17, 15) is 14.9 Å². The lowest BCUT2D eigenvalue weighted by atomic mass is 10.1. The minimum absolute atomic E-state index is 0.00661. The van der Waals surface area contributed by atoms with E-state index in [-0.39, 0.29) is 17.1 Å². The van der Waals surface area contributed by atoms with Gasteiger partial charge in [0.1, 0.15) is 5.69 Å². The number of pyridine rings is 1. The number of aryl methyl sites for hydroxylation is 1. The predicted molar refractivity (Wildman–Crippen MR) is 113 cm³/mol. The van der Waals surface area contributed by atoms with Gasteiger partial charge in [-0.05, 0) is 36.8 Å². The molecule has 2 aromatic heterocycles. The minimum atomic E-state index is -0.570. The second-order valence-electron chi connectivity index (χ2n) is 6.28. The number of hydrogen-bond acceptors (Lipinski definition) is 6. The first-order chi connectivity index (χ1) is 13.9. The zero-order chi connectivity index (χ0) is 20.5. The molecule has 2 aromatic carbocycles. The molecule has 8 nitrogen and oxygen atoms in total. The van der Waals surface area contributed by atoms with Gasteiger partial charge in [0, 0.05) is 16.5 Å². The summed E-state index contributed by atoms with van der Waals surface area (Å²) in [6, 6.07) is 13.8. The number of amides is 1. The molecular weight excluding hydrogens is 414 g/mol. The number of benzene rings is 2. The maximum Gasteiger partial charge on any atom is 0.292 e. The maximum atomic E-state index is 12.4. The Labute approximate surface area is 174 Å². The summed E-state index contributed by atoms with van der Waals surface area (Å²) in [5.74, 6) is -0.402. The first-order valence-electron chi connectivity index (χ1n) is 8.54. The van der Waals surface area contributed by atoms with Gasteiger partial charge in [-0.3, -0.25) is 19.3 Å². The Kier molecular flexibility index (Phi) is 5.08. The SMILES string of the molecule is Cc1cc2nnc(SCC(=O)Nc3cc(Cl)ccc3[N+](=O)[O-])n2c2ccccc12. The normalized spacial score (nSPS) is 11.1. The number of nitro benzene ring substituents is 1. The van der Waals surface area contributed by atoms with Crippen molar-refractivity contribution in [2.24, 2.45) is 0 Å². The summed E-state index contributed by atoms with van der Waals surface area (Å²) in [6.07, 6.45) is 0. The molecule has 0 unspecified atom stereocenters. The summed E-state index contributed by atoms with van der Waals surface area (Å²) >= 11 is 7.09. The molecule has 0 spiro atoms. The zero-order valence-electron chi connectivity index (χ0n) is 15.1. The van der Waals surface area contributed by atoms with Gasteiger partial charge >= 0.3 is 0 Å². The molecule has 0 bridgehead atoms. The average molecular weight is 428 g/mol. The van der Waals surface area contributed by atoms with Crippen molar-refractivity contribution in [2.45, 2.75) is 12.1 Å². The van der Waals surface area contributed by atoms with E-state index in [1.165, 1.54) is 30.0 Å². The van der Waals surface area contributed by atoms with Crippen molar-refractivity contribution in [2.75, 3.05) is 11.1 Å². The summed E-state index contributed by atoms with van der Waals surface area (Å²) < 4.78 is 1.89. The monoisotopic (exact) mass is 427 g/mol. The molecule has 0 saturated heterocycles. The van der Waals surface area contributed by atoms with E-state index in [0.29, 0.717) is 15.8 Å². The molecule has 29 heavy (non-hydrogen) atoms. The molecule has 146 valence electrons. The smallest absolute Gasteiger partial charge is 0.292 e. The fourth-order valence-electron chi connectivity index (χ4n) is 3.05. The molecule has 1 N–H and O–H groups in total. The summed E-state index contributed by atoms with van der Waals surface area (Å²) in [6.45, 7) is 2.01. The minimum Gasteiger partial charge on any atom is -0.320 e. The Morgan fingerprint density at radius 3 is 2.83 bits per heavy atom. The Bertz CT molecular complexity index is 1270. The molecule has 4 rings (SSSR count). The number of halogens is 1. The van der Waals surface area contributed by atoms with E-state index in [1.54, 1.807) is 0 Å². The number of hydrogen-bond donors (Lipinski definition) is 1. The molecule has 0 aliphatic carbocycles. The molecule has 1 amide bonds. The van der Waals surface area contributed by atoms with Crippen molar-refractivity contribution < 1.29 is 9.72 Å². The molecule has 10 heteroatoms. The molecule has 0 radical (unpaired) electrons. The highest BCUT2D eigenvalue weighted by Crippen LogP contribution is 2.29. The zero-order valence-corrected chi connectivity index (χ0v) is 16.7. The number of carbonyl (C=O) groups excluding carboxylic acids is 1. The van der Waals surface area contributed by atoms with E-state index in [2.05, 4.69) is 15.5 Å². The van der Waals surface area contributed by atoms with E-state index in [0.717, 1.165) is 16.5 Å². The van der Waals surface area contributed by atoms with E-state index in [4.69, 9.17) is 11.6 Å². The number of carbonyl (C=O) groups is 1. The number of anilines is 1. The molecule has 0 aliphatic heterocycles. The van der Waals surface area contributed by atoms with Crippen LogP contribution in [0.5, 0.6) is 0 Å². The first-order valence-corrected chi connectivity index (χ1v) is 9.90. The number of aromatic nitrogens is 3. The van der Waals surface area contributed by atoms with Crippen LogP contribution in [0, 0.1) is 17.0 Å². The van der Waals surface area contributed by atoms with Crippen molar-refractivity contribution >= 4 is 57.2 Å². The van der Waals surface area contributed by atoms with Gasteiger partial charge in [0.25, 0.3) is 5.69 Å². The van der Waals surface area contributed by atoms with E-state index in [1.807, 2.05) is 41.7 Å². The standard InChI is InChI=1S/C19H14ClN5O3S/c1-11-8-17-22-23-19(24(17)15-5-3-2-4-13(11)15)29-10-18(26)21-14-9-12(20)6-7-16(14)25(27)28/h2-9H,10H2,1H3,(H,21,26). The van der Waals surface area contributed by atoms with Gasteiger partial charge in [0.2, 0.25) is 5.91 Å². The van der Waals surface area contributed by atoms with Crippen LogP contribution in [0.25, 0.3) is 16.6 Å². The Hall–Kier alpha value is -3.17. The predicted octanol–water partition coefficient (Wildman–Crippen LogP) is 4.48. The summed E-state index contributed by atoms with van der Waals surface area (Å²) in [4.78, 5) is 23.0. The quantitative estimate of drug-likeness (QED) is 0.286. The Morgan fingerprint density at radius 1 is 1.24 bits per heavy atom. The fraction of sp³-hybridized carbons (Fsp3) is 0.105. The molecular formula is C19H14ClN5O3S. The lowest BCUT2D eigenvalue weighted by Crippen LogP contribution is -2.15. The topological polar surface area (TPSA) is 102 Å². The van der Waals surface area contributed by atoms with Crippen molar-refractivity contribution in [1.29, 1.82) is 0 Å². The number of para-hydroxylation sites is 1. The van der Waals surface area contributed by atoms with Crippen LogP contribution >= 0.6 is 23.4 Å².